The largest absolute Gasteiger partial charge is 0.508 e. The Balaban J connectivity index is 1.03. The first-order valence-electron chi connectivity index (χ1n) is 20.3. The molecule has 0 unspecified atom stereocenters. The van der Waals surface area contributed by atoms with Crippen LogP contribution in [0.5, 0.6) is 23.0 Å². The molecule has 0 fully saturated rings. The highest BCUT2D eigenvalue weighted by Gasteiger charge is 2.24. The van der Waals surface area contributed by atoms with Crippen molar-refractivity contribution in [1.82, 2.24) is 9.55 Å². The molecule has 0 aliphatic rings. The molecule has 61 heavy (non-hydrogen) atoms. The second-order valence-electron chi connectivity index (χ2n) is 15.8. The molecule has 0 spiro atoms. The topological polar surface area (TPSA) is 131 Å². The fraction of sp³-hybridized carbons (Fsp3) is 0.200. The summed E-state index contributed by atoms with van der Waals surface area (Å²) in [5.41, 5.74) is 5.52. The van der Waals surface area contributed by atoms with Crippen molar-refractivity contribution < 1.29 is 24.9 Å². The first-order valence-corrected chi connectivity index (χ1v) is 21.2. The van der Waals surface area contributed by atoms with E-state index in [2.05, 4.69) is 28.6 Å². The van der Waals surface area contributed by atoms with Gasteiger partial charge in [-0.1, -0.05) is 13.0 Å². The molecule has 3 heterocycles. The maximum absolute atomic E-state index is 14.3. The van der Waals surface area contributed by atoms with Crippen molar-refractivity contribution in [2.24, 2.45) is 7.05 Å². The van der Waals surface area contributed by atoms with Crippen molar-refractivity contribution in [2.75, 3.05) is 29.6 Å². The van der Waals surface area contributed by atoms with Gasteiger partial charge in [-0.25, -0.2) is 0 Å². The molecule has 0 saturated carbocycles. The number of pyridine rings is 1. The first kappa shape index (κ1) is 40.9. The number of nitrogens with one attached hydrogen (secondary N) is 1. The summed E-state index contributed by atoms with van der Waals surface area (Å²) in [6, 6.07) is 35.2. The van der Waals surface area contributed by atoms with E-state index in [0.717, 1.165) is 73.5 Å². The van der Waals surface area contributed by atoms with Gasteiger partial charge in [-0.3, -0.25) is 9.59 Å². The highest BCUT2D eigenvalue weighted by atomic mass is 32.1. The molecule has 0 saturated heterocycles. The van der Waals surface area contributed by atoms with Gasteiger partial charge >= 0.3 is 0 Å². The minimum Gasteiger partial charge on any atom is -0.508 e. The Kier molecular flexibility index (Phi) is 11.2. The Hall–Kier alpha value is -6.82. The summed E-state index contributed by atoms with van der Waals surface area (Å²) in [5.74, 6) is 1.40. The molecule has 10 nitrogen and oxygen atoms in total. The van der Waals surface area contributed by atoms with Crippen LogP contribution in [0.3, 0.4) is 0 Å². The van der Waals surface area contributed by atoms with E-state index in [-0.39, 0.29) is 22.8 Å². The number of aliphatic hydroxyl groups is 1. The van der Waals surface area contributed by atoms with E-state index < -0.39 is 5.60 Å². The van der Waals surface area contributed by atoms with Crippen LogP contribution in [-0.2, 0) is 12.6 Å². The van der Waals surface area contributed by atoms with Crippen molar-refractivity contribution >= 4 is 49.5 Å². The van der Waals surface area contributed by atoms with Crippen molar-refractivity contribution in [3.8, 4) is 44.6 Å². The molecule has 0 bridgehead atoms. The fourth-order valence-electron chi connectivity index (χ4n) is 7.76. The standard InChI is InChI=1S/C50H48N4O6S/c1-6-26-54(35-13-8-31(9-14-35)47(57)45-40-22-19-37(56)28-44(40)61-48(45)32-10-17-36(55)18-11-32)30-53(7-2)34-15-20-38(21-16-34)60-43-23-12-33(50(3,4)59)27-41(43)42-29-52(5)49(58)46-39(42)24-25-51-46/h8-25,27-29,51,55-56,59H,6-7,26,30H2,1-5H3. The van der Waals surface area contributed by atoms with E-state index in [9.17, 15) is 24.9 Å². The van der Waals surface area contributed by atoms with Crippen LogP contribution in [-0.4, -0.2) is 50.4 Å². The Labute approximate surface area is 358 Å². The molecule has 8 rings (SSSR count). The van der Waals surface area contributed by atoms with Gasteiger partial charge in [0.1, 0.15) is 28.5 Å². The molecule has 3 aromatic heterocycles. The zero-order valence-corrected chi connectivity index (χ0v) is 35.6. The summed E-state index contributed by atoms with van der Waals surface area (Å²) in [4.78, 5) is 35.6. The molecule has 0 aliphatic carbocycles. The summed E-state index contributed by atoms with van der Waals surface area (Å²) < 4.78 is 8.91. The summed E-state index contributed by atoms with van der Waals surface area (Å²) in [7, 11) is 1.72. The van der Waals surface area contributed by atoms with Gasteiger partial charge in [-0.05, 0) is 148 Å². The van der Waals surface area contributed by atoms with Crippen molar-refractivity contribution in [3.63, 3.8) is 0 Å². The highest BCUT2D eigenvalue weighted by Crippen LogP contribution is 2.42. The number of ether oxygens (including phenoxy) is 1. The number of aryl methyl sites for hydroxylation is 1. The number of anilines is 2. The number of fused-ring (bicyclic) bond motifs is 2. The summed E-state index contributed by atoms with van der Waals surface area (Å²) in [6.07, 6.45) is 4.48. The molecule has 0 aliphatic heterocycles. The number of phenolic OH excluding ortho intramolecular Hbond substituents is 2. The van der Waals surface area contributed by atoms with Crippen LogP contribution in [0.1, 0.15) is 55.6 Å². The molecule has 11 heteroatoms. The number of aromatic hydroxyl groups is 2. The Morgan fingerprint density at radius 3 is 2.18 bits per heavy atom. The van der Waals surface area contributed by atoms with Gasteiger partial charge in [-0.15, -0.1) is 11.3 Å². The number of ketones is 1. The molecular formula is C50H48N4O6S. The summed E-state index contributed by atoms with van der Waals surface area (Å²) in [6.45, 7) is 9.93. The first-order chi connectivity index (χ1) is 29.3. The van der Waals surface area contributed by atoms with Gasteiger partial charge in [0.2, 0.25) is 0 Å². The number of rotatable bonds is 14. The zero-order valence-electron chi connectivity index (χ0n) is 34.8. The highest BCUT2D eigenvalue weighted by molar-refractivity contribution is 7.22. The van der Waals surface area contributed by atoms with Crippen LogP contribution in [0.4, 0.5) is 11.4 Å². The monoisotopic (exact) mass is 832 g/mol. The third kappa shape index (κ3) is 8.22. The van der Waals surface area contributed by atoms with E-state index in [1.54, 1.807) is 80.3 Å². The van der Waals surface area contributed by atoms with Crippen LogP contribution < -0.4 is 20.1 Å². The normalized spacial score (nSPS) is 11.6. The maximum Gasteiger partial charge on any atom is 0.274 e. The van der Waals surface area contributed by atoms with Crippen molar-refractivity contribution in [3.05, 3.63) is 155 Å². The Morgan fingerprint density at radius 2 is 1.49 bits per heavy atom. The molecule has 0 amide bonds. The number of hydrogen-bond acceptors (Lipinski definition) is 9. The van der Waals surface area contributed by atoms with Crippen molar-refractivity contribution in [1.29, 1.82) is 0 Å². The van der Waals surface area contributed by atoms with E-state index in [1.165, 1.54) is 11.3 Å². The number of carbonyl (C=O) groups is 1. The third-order valence-electron chi connectivity index (χ3n) is 11.0. The molecular weight excluding hydrogens is 785 g/mol. The average molecular weight is 833 g/mol. The number of carbonyl (C=O) groups excluding carboxylic acids is 1. The van der Waals surface area contributed by atoms with E-state index >= 15 is 0 Å². The van der Waals surface area contributed by atoms with Gasteiger partial charge in [0.15, 0.2) is 5.78 Å². The number of H-pyrrole nitrogens is 1. The zero-order chi connectivity index (χ0) is 43.0. The predicted octanol–water partition coefficient (Wildman–Crippen LogP) is 10.8. The average Bonchev–Trinajstić information content (AvgIpc) is 3.90. The Bertz CT molecular complexity index is 2920. The lowest BCUT2D eigenvalue weighted by Crippen LogP contribution is -2.38. The molecule has 0 radical (unpaired) electrons. The summed E-state index contributed by atoms with van der Waals surface area (Å²) >= 11 is 1.44. The fourth-order valence-corrected chi connectivity index (χ4v) is 9.00. The number of nitrogens with zero attached hydrogens (tertiary/aromatic N) is 3. The minimum atomic E-state index is -1.09. The van der Waals surface area contributed by atoms with Crippen LogP contribution in [0.15, 0.2) is 132 Å². The molecule has 4 N–H and O–H groups in total. The third-order valence-corrected chi connectivity index (χ3v) is 12.2. The summed E-state index contributed by atoms with van der Waals surface area (Å²) in [5, 5.41) is 32.6. The van der Waals surface area contributed by atoms with Gasteiger partial charge in [0.05, 0.1) is 12.3 Å². The lowest BCUT2D eigenvalue weighted by molar-refractivity contribution is 0.0786. The van der Waals surface area contributed by atoms with E-state index in [1.807, 2.05) is 72.8 Å². The number of phenols is 2. The second-order valence-corrected chi connectivity index (χ2v) is 16.8. The van der Waals surface area contributed by atoms with Crippen LogP contribution in [0.2, 0.25) is 0 Å². The van der Waals surface area contributed by atoms with E-state index in [4.69, 9.17) is 4.74 Å². The Morgan fingerprint density at radius 1 is 0.803 bits per heavy atom. The van der Waals surface area contributed by atoms with Gasteiger partial charge < -0.3 is 39.4 Å². The molecule has 310 valence electrons. The predicted molar refractivity (Wildman–Crippen MR) is 247 cm³/mol. The van der Waals surface area contributed by atoms with Gasteiger partial charge in [0.25, 0.3) is 5.56 Å². The number of thiophene rings is 1. The van der Waals surface area contributed by atoms with E-state index in [0.29, 0.717) is 34.8 Å². The quantitative estimate of drug-likeness (QED) is 0.0629. The molecule has 8 aromatic rings. The smallest absolute Gasteiger partial charge is 0.274 e. The van der Waals surface area contributed by atoms with Gasteiger partial charge in [0, 0.05) is 86.5 Å². The lowest BCUT2D eigenvalue weighted by atomic mass is 9.93. The number of aromatic amines is 1. The minimum absolute atomic E-state index is 0.112. The number of hydrogen-bond donors (Lipinski definition) is 4. The second kappa shape index (κ2) is 16.7. The lowest BCUT2D eigenvalue weighted by Gasteiger charge is -2.33. The number of benzene rings is 5. The maximum atomic E-state index is 14.3. The molecule has 5 aromatic carbocycles. The van der Waals surface area contributed by atoms with Crippen LogP contribution in [0, 0.1) is 0 Å². The molecule has 0 atom stereocenters. The van der Waals surface area contributed by atoms with Gasteiger partial charge in [-0.2, -0.15) is 0 Å². The van der Waals surface area contributed by atoms with Crippen molar-refractivity contribution in [2.45, 2.75) is 39.7 Å². The van der Waals surface area contributed by atoms with Crippen LogP contribution in [0.25, 0.3) is 42.6 Å². The SMILES string of the molecule is CCCN(CN(CC)c1ccc(Oc2ccc(C(C)(C)O)cc2-c2cn(C)c(=O)c3[nH]ccc23)cc1)c1ccc(C(=O)c2c(-c3ccc(O)cc3)sc3cc(O)ccc23)cc1. The number of aromatic nitrogens is 2. The van der Waals surface area contributed by atoms with Crippen LogP contribution >= 0.6 is 11.3 Å².